The number of para-hydroxylation sites is 2. The third-order valence-corrected chi connectivity index (χ3v) is 3.12. The van der Waals surface area contributed by atoms with Gasteiger partial charge in [-0.15, -0.1) is 0 Å². The summed E-state index contributed by atoms with van der Waals surface area (Å²) in [4.78, 5) is 11.3. The first-order valence-corrected chi connectivity index (χ1v) is 7.30. The predicted octanol–water partition coefficient (Wildman–Crippen LogP) is 4.53. The zero-order chi connectivity index (χ0) is 15.8. The number of hydrogen-bond donors (Lipinski definition) is 0. The third-order valence-electron chi connectivity index (χ3n) is 3.12. The summed E-state index contributed by atoms with van der Waals surface area (Å²) in [6, 6.07) is 17.6. The molecule has 0 aliphatic rings. The highest BCUT2D eigenvalue weighted by atomic mass is 16.5. The fourth-order valence-corrected chi connectivity index (χ4v) is 1.98. The van der Waals surface area contributed by atoms with Crippen LogP contribution >= 0.6 is 0 Å². The van der Waals surface area contributed by atoms with Gasteiger partial charge in [0.1, 0.15) is 11.5 Å². The standard InChI is InChI=1S/C19H20O3/c1-15(2)19(20)21-14-8-10-16-9-6-7-13-18(16)22-17-11-4-3-5-12-17/h3-7,9,11-13H,1,8,10,14H2,2H3. The van der Waals surface area contributed by atoms with Gasteiger partial charge in [0.25, 0.3) is 0 Å². The SMILES string of the molecule is C=C(C)C(=O)OCCCc1ccccc1Oc1ccccc1. The number of carbonyl (C=O) groups is 1. The van der Waals surface area contributed by atoms with E-state index in [2.05, 4.69) is 6.58 Å². The number of esters is 1. The van der Waals surface area contributed by atoms with Gasteiger partial charge in [0, 0.05) is 5.57 Å². The largest absolute Gasteiger partial charge is 0.462 e. The van der Waals surface area contributed by atoms with E-state index in [1.54, 1.807) is 6.92 Å². The van der Waals surface area contributed by atoms with E-state index in [0.717, 1.165) is 29.9 Å². The Hall–Kier alpha value is -2.55. The summed E-state index contributed by atoms with van der Waals surface area (Å²) in [5.41, 5.74) is 1.52. The molecule has 0 spiro atoms. The van der Waals surface area contributed by atoms with Crippen molar-refractivity contribution in [3.8, 4) is 11.5 Å². The molecule has 0 atom stereocenters. The van der Waals surface area contributed by atoms with E-state index in [9.17, 15) is 4.79 Å². The lowest BCUT2D eigenvalue weighted by molar-refractivity contribution is -0.139. The molecule has 2 rings (SSSR count). The fourth-order valence-electron chi connectivity index (χ4n) is 1.98. The summed E-state index contributed by atoms with van der Waals surface area (Å²) in [5.74, 6) is 1.30. The molecule has 2 aromatic carbocycles. The average Bonchev–Trinajstić information content (AvgIpc) is 2.53. The fraction of sp³-hybridized carbons (Fsp3) is 0.211. The van der Waals surface area contributed by atoms with Crippen LogP contribution in [0.4, 0.5) is 0 Å². The molecule has 2 aromatic rings. The number of carbonyl (C=O) groups excluding carboxylic acids is 1. The summed E-state index contributed by atoms with van der Waals surface area (Å²) in [5, 5.41) is 0. The Balaban J connectivity index is 1.91. The molecular formula is C19H20O3. The van der Waals surface area contributed by atoms with E-state index in [-0.39, 0.29) is 5.97 Å². The van der Waals surface area contributed by atoms with Gasteiger partial charge in [-0.1, -0.05) is 43.0 Å². The minimum absolute atomic E-state index is 0.339. The average molecular weight is 296 g/mol. The van der Waals surface area contributed by atoms with Gasteiger partial charge >= 0.3 is 5.97 Å². The van der Waals surface area contributed by atoms with Gasteiger partial charge in [-0.3, -0.25) is 0 Å². The number of rotatable bonds is 7. The normalized spacial score (nSPS) is 10.0. The first-order valence-electron chi connectivity index (χ1n) is 7.30. The molecule has 0 unspecified atom stereocenters. The predicted molar refractivity (Wildman–Crippen MR) is 87.1 cm³/mol. The molecule has 22 heavy (non-hydrogen) atoms. The quantitative estimate of drug-likeness (QED) is 0.428. The first-order chi connectivity index (χ1) is 10.7. The van der Waals surface area contributed by atoms with E-state index < -0.39 is 0 Å². The lowest BCUT2D eigenvalue weighted by Crippen LogP contribution is -2.07. The van der Waals surface area contributed by atoms with Crippen LogP contribution in [0.15, 0.2) is 66.7 Å². The van der Waals surface area contributed by atoms with Crippen molar-refractivity contribution in [1.29, 1.82) is 0 Å². The maximum atomic E-state index is 11.3. The minimum atomic E-state index is -0.339. The van der Waals surface area contributed by atoms with Crippen LogP contribution in [0.25, 0.3) is 0 Å². The molecule has 0 aliphatic heterocycles. The number of aryl methyl sites for hydroxylation is 1. The van der Waals surface area contributed by atoms with Gasteiger partial charge < -0.3 is 9.47 Å². The monoisotopic (exact) mass is 296 g/mol. The Bertz CT molecular complexity index is 632. The summed E-state index contributed by atoms with van der Waals surface area (Å²) in [6.45, 7) is 5.58. The minimum Gasteiger partial charge on any atom is -0.462 e. The van der Waals surface area contributed by atoms with E-state index >= 15 is 0 Å². The molecule has 0 fully saturated rings. The molecule has 0 bridgehead atoms. The molecule has 0 N–H and O–H groups in total. The zero-order valence-electron chi connectivity index (χ0n) is 12.7. The number of hydrogen-bond acceptors (Lipinski definition) is 3. The van der Waals surface area contributed by atoms with E-state index in [4.69, 9.17) is 9.47 Å². The van der Waals surface area contributed by atoms with Crippen LogP contribution in [-0.2, 0) is 16.0 Å². The summed E-state index contributed by atoms with van der Waals surface area (Å²) in [7, 11) is 0. The topological polar surface area (TPSA) is 35.5 Å². The number of ether oxygens (including phenoxy) is 2. The Kier molecular flexibility index (Phi) is 5.78. The second-order valence-electron chi connectivity index (χ2n) is 5.04. The molecule has 0 aliphatic carbocycles. The van der Waals surface area contributed by atoms with Crippen molar-refractivity contribution in [1.82, 2.24) is 0 Å². The lowest BCUT2D eigenvalue weighted by atomic mass is 10.1. The molecule has 0 saturated carbocycles. The molecule has 0 heterocycles. The Morgan fingerprint density at radius 3 is 2.45 bits per heavy atom. The van der Waals surface area contributed by atoms with Gasteiger partial charge in [0.05, 0.1) is 6.61 Å². The van der Waals surface area contributed by atoms with Crippen LogP contribution in [0.1, 0.15) is 18.9 Å². The summed E-state index contributed by atoms with van der Waals surface area (Å²) < 4.78 is 11.0. The van der Waals surface area contributed by atoms with Gasteiger partial charge in [-0.2, -0.15) is 0 Å². The van der Waals surface area contributed by atoms with Crippen LogP contribution in [0, 0.1) is 0 Å². The van der Waals surface area contributed by atoms with Crippen LogP contribution < -0.4 is 4.74 Å². The van der Waals surface area contributed by atoms with Crippen molar-refractivity contribution in [3.05, 3.63) is 72.3 Å². The Morgan fingerprint density at radius 1 is 1.05 bits per heavy atom. The molecule has 114 valence electrons. The second kappa shape index (κ2) is 8.03. The molecule has 3 heteroatoms. The Morgan fingerprint density at radius 2 is 1.73 bits per heavy atom. The molecular weight excluding hydrogens is 276 g/mol. The van der Waals surface area contributed by atoms with E-state index in [1.807, 2.05) is 54.6 Å². The molecule has 0 saturated heterocycles. The number of benzene rings is 2. The highest BCUT2D eigenvalue weighted by Crippen LogP contribution is 2.25. The second-order valence-corrected chi connectivity index (χ2v) is 5.04. The molecule has 0 aromatic heterocycles. The van der Waals surface area contributed by atoms with Crippen LogP contribution in [0.3, 0.4) is 0 Å². The van der Waals surface area contributed by atoms with E-state index in [1.165, 1.54) is 0 Å². The molecule has 3 nitrogen and oxygen atoms in total. The van der Waals surface area contributed by atoms with Gasteiger partial charge in [-0.05, 0) is 43.5 Å². The van der Waals surface area contributed by atoms with Gasteiger partial charge in [0.15, 0.2) is 0 Å². The van der Waals surface area contributed by atoms with Crippen molar-refractivity contribution < 1.29 is 14.3 Å². The van der Waals surface area contributed by atoms with Crippen molar-refractivity contribution >= 4 is 5.97 Å². The zero-order valence-corrected chi connectivity index (χ0v) is 12.7. The maximum absolute atomic E-state index is 11.3. The maximum Gasteiger partial charge on any atom is 0.333 e. The highest BCUT2D eigenvalue weighted by Gasteiger charge is 2.06. The van der Waals surface area contributed by atoms with Crippen LogP contribution in [-0.4, -0.2) is 12.6 Å². The van der Waals surface area contributed by atoms with E-state index in [0.29, 0.717) is 12.2 Å². The van der Waals surface area contributed by atoms with Gasteiger partial charge in [-0.25, -0.2) is 4.79 Å². The van der Waals surface area contributed by atoms with Gasteiger partial charge in [0.2, 0.25) is 0 Å². The first kappa shape index (κ1) is 15.8. The van der Waals surface area contributed by atoms with Crippen LogP contribution in [0.5, 0.6) is 11.5 Å². The Labute approximate surface area is 131 Å². The van der Waals surface area contributed by atoms with Crippen LogP contribution in [0.2, 0.25) is 0 Å². The smallest absolute Gasteiger partial charge is 0.333 e. The lowest BCUT2D eigenvalue weighted by Gasteiger charge is -2.11. The summed E-state index contributed by atoms with van der Waals surface area (Å²) >= 11 is 0. The van der Waals surface area contributed by atoms with Crippen molar-refractivity contribution in [2.24, 2.45) is 0 Å². The van der Waals surface area contributed by atoms with Crippen molar-refractivity contribution in [3.63, 3.8) is 0 Å². The summed E-state index contributed by atoms with van der Waals surface area (Å²) in [6.07, 6.45) is 1.53. The molecule has 0 radical (unpaired) electrons. The molecule has 0 amide bonds. The third kappa shape index (κ3) is 4.77. The highest BCUT2D eigenvalue weighted by molar-refractivity contribution is 5.86. The van der Waals surface area contributed by atoms with Crippen molar-refractivity contribution in [2.75, 3.05) is 6.61 Å². The van der Waals surface area contributed by atoms with Crippen molar-refractivity contribution in [2.45, 2.75) is 19.8 Å².